The predicted octanol–water partition coefficient (Wildman–Crippen LogP) is 4.45. The number of hydrogen-bond donors (Lipinski definition) is 0. The lowest BCUT2D eigenvalue weighted by molar-refractivity contribution is -0.136. The molecule has 196 valence electrons. The molecule has 8 nitrogen and oxygen atoms in total. The van der Waals surface area contributed by atoms with E-state index in [1.807, 2.05) is 18.7 Å². The summed E-state index contributed by atoms with van der Waals surface area (Å²) in [4.78, 5) is 49.6. The van der Waals surface area contributed by atoms with Crippen molar-refractivity contribution in [3.8, 4) is 5.75 Å². The zero-order chi connectivity index (χ0) is 26.2. The van der Waals surface area contributed by atoms with Crippen LogP contribution in [0.15, 0.2) is 29.9 Å². The molecule has 0 N–H and O–H groups in total. The molecule has 0 radical (unpaired) electrons. The van der Waals surface area contributed by atoms with Gasteiger partial charge in [0.05, 0.1) is 23.9 Å². The number of ether oxygens (including phenoxy) is 1. The summed E-state index contributed by atoms with van der Waals surface area (Å²) in [7, 11) is 3.42. The molecule has 0 saturated heterocycles. The molecule has 1 aromatic carbocycles. The molecule has 0 fully saturated rings. The minimum atomic E-state index is -0.630. The van der Waals surface area contributed by atoms with Crippen LogP contribution < -0.4 is 4.74 Å². The number of carbonyl (C=O) groups is 3. The second-order valence-electron chi connectivity index (χ2n) is 9.43. The van der Waals surface area contributed by atoms with E-state index in [1.165, 1.54) is 16.2 Å². The number of fused-ring (bicyclic) bond motifs is 1. The molecule has 1 aromatic heterocycles. The zero-order valence-corrected chi connectivity index (χ0v) is 23.0. The fourth-order valence-corrected chi connectivity index (χ4v) is 5.14. The number of thiazole rings is 1. The highest BCUT2D eigenvalue weighted by molar-refractivity contribution is 7.11. The van der Waals surface area contributed by atoms with Crippen molar-refractivity contribution < 1.29 is 19.1 Å². The molecule has 1 aliphatic heterocycles. The Morgan fingerprint density at radius 1 is 1.11 bits per heavy atom. The number of amides is 3. The second-order valence-corrected chi connectivity index (χ2v) is 10.7. The van der Waals surface area contributed by atoms with Crippen LogP contribution in [0.3, 0.4) is 0 Å². The van der Waals surface area contributed by atoms with Crippen molar-refractivity contribution in [2.75, 3.05) is 40.3 Å². The van der Waals surface area contributed by atoms with E-state index in [0.29, 0.717) is 53.9 Å². The molecule has 1 aliphatic rings. The van der Waals surface area contributed by atoms with Crippen molar-refractivity contribution in [1.82, 2.24) is 19.7 Å². The van der Waals surface area contributed by atoms with Crippen LogP contribution >= 0.6 is 22.9 Å². The Morgan fingerprint density at radius 2 is 1.81 bits per heavy atom. The van der Waals surface area contributed by atoms with Gasteiger partial charge in [0.1, 0.15) is 16.7 Å². The molecular weight excluding hydrogens is 500 g/mol. The summed E-state index contributed by atoms with van der Waals surface area (Å²) < 4.78 is 5.99. The smallest absolute Gasteiger partial charge is 0.265 e. The summed E-state index contributed by atoms with van der Waals surface area (Å²) in [6.45, 7) is 6.00. The third kappa shape index (κ3) is 6.97. The molecule has 0 saturated carbocycles. The Hall–Kier alpha value is -2.65. The number of hydrogen-bond acceptors (Lipinski definition) is 6. The van der Waals surface area contributed by atoms with E-state index in [0.717, 1.165) is 19.3 Å². The van der Waals surface area contributed by atoms with Crippen LogP contribution in [0.5, 0.6) is 5.75 Å². The van der Waals surface area contributed by atoms with Gasteiger partial charge in [-0.15, -0.1) is 11.3 Å². The van der Waals surface area contributed by atoms with Crippen LogP contribution in [-0.2, 0) is 4.79 Å². The monoisotopic (exact) mass is 534 g/mol. The van der Waals surface area contributed by atoms with E-state index in [-0.39, 0.29) is 23.6 Å². The van der Waals surface area contributed by atoms with Crippen molar-refractivity contribution in [2.45, 2.75) is 45.6 Å². The minimum Gasteiger partial charge on any atom is -0.493 e. The lowest BCUT2D eigenvalue weighted by Gasteiger charge is -2.33. The number of rotatable bonds is 2. The molecular formula is C26H35ClN4O4S. The van der Waals surface area contributed by atoms with Gasteiger partial charge < -0.3 is 19.4 Å². The van der Waals surface area contributed by atoms with Crippen molar-refractivity contribution in [2.24, 2.45) is 5.92 Å². The van der Waals surface area contributed by atoms with Crippen molar-refractivity contribution in [1.29, 1.82) is 0 Å². The highest BCUT2D eigenvalue weighted by Crippen LogP contribution is 2.26. The molecule has 0 spiro atoms. The number of aromatic nitrogens is 1. The summed E-state index contributed by atoms with van der Waals surface area (Å²) in [5.41, 5.74) is 1.99. The fraction of sp³-hybridized carbons (Fsp3) is 0.538. The van der Waals surface area contributed by atoms with Crippen LogP contribution in [0.1, 0.15) is 59.6 Å². The van der Waals surface area contributed by atoms with Gasteiger partial charge in [-0.25, -0.2) is 0 Å². The lowest BCUT2D eigenvalue weighted by Crippen LogP contribution is -2.51. The maximum Gasteiger partial charge on any atom is 0.265 e. The molecule has 10 heteroatoms. The predicted molar refractivity (Wildman–Crippen MR) is 142 cm³/mol. The first kappa shape index (κ1) is 27.9. The maximum atomic E-state index is 13.5. The van der Waals surface area contributed by atoms with E-state index >= 15 is 0 Å². The van der Waals surface area contributed by atoms with Gasteiger partial charge in [-0.1, -0.05) is 25.4 Å². The maximum absolute atomic E-state index is 13.5. The lowest BCUT2D eigenvalue weighted by atomic mass is 10.00. The number of likely N-dealkylation sites (N-methyl/N-ethyl adjacent to an activating group) is 2. The quantitative estimate of drug-likeness (QED) is 0.568. The summed E-state index contributed by atoms with van der Waals surface area (Å²) in [5, 5.41) is 0.423. The van der Waals surface area contributed by atoms with Crippen LogP contribution in [-0.4, -0.2) is 83.8 Å². The molecule has 0 aliphatic carbocycles. The average Bonchev–Trinajstić information content (AvgIpc) is 3.39. The normalized spacial score (nSPS) is 19.2. The van der Waals surface area contributed by atoms with Gasteiger partial charge >= 0.3 is 0 Å². The van der Waals surface area contributed by atoms with E-state index < -0.39 is 6.04 Å². The molecule has 2 aromatic rings. The largest absolute Gasteiger partial charge is 0.493 e. The Kier molecular flexibility index (Phi) is 10.1. The van der Waals surface area contributed by atoms with E-state index in [1.54, 1.807) is 48.9 Å². The van der Waals surface area contributed by atoms with Crippen molar-refractivity contribution in [3.63, 3.8) is 0 Å². The number of nitrogens with zero attached hydrogens (tertiary/aromatic N) is 4. The van der Waals surface area contributed by atoms with E-state index in [9.17, 15) is 14.4 Å². The van der Waals surface area contributed by atoms with Crippen LogP contribution in [0, 0.1) is 5.92 Å². The summed E-state index contributed by atoms with van der Waals surface area (Å²) in [5.74, 6) is -0.104. The number of halogens is 1. The Labute approximate surface area is 222 Å². The third-order valence-corrected chi connectivity index (χ3v) is 7.35. The number of benzene rings is 1. The summed E-state index contributed by atoms with van der Waals surface area (Å²) in [6.07, 6.45) is 4.60. The molecule has 36 heavy (non-hydrogen) atoms. The standard InChI is InChI=1S/C26H35ClN4O4S/c1-18(2)23-26(34)29(3)11-5-6-12-31(25(33)22-16-28-17-36-22)13-7-8-14-35-21-10-9-19(27)15-20(21)24(32)30(23)4/h9-10,15-18,23H,5-8,11-14H2,1-4H3/t23-/m0/s1. The van der Waals surface area contributed by atoms with Gasteiger partial charge in [-0.05, 0) is 49.8 Å². The van der Waals surface area contributed by atoms with Crippen molar-refractivity contribution >= 4 is 40.7 Å². The topological polar surface area (TPSA) is 83.0 Å². The van der Waals surface area contributed by atoms with Gasteiger partial charge in [0, 0.05) is 38.8 Å². The van der Waals surface area contributed by atoms with E-state index in [4.69, 9.17) is 16.3 Å². The third-order valence-electron chi connectivity index (χ3n) is 6.35. The molecule has 3 amide bonds. The van der Waals surface area contributed by atoms with Gasteiger partial charge in [-0.2, -0.15) is 0 Å². The number of carbonyl (C=O) groups excluding carboxylic acids is 3. The summed E-state index contributed by atoms with van der Waals surface area (Å²) in [6, 6.07) is 4.33. The fourth-order valence-electron chi connectivity index (χ4n) is 4.38. The second kappa shape index (κ2) is 13.1. The molecule has 0 unspecified atom stereocenters. The molecule has 2 heterocycles. The first-order valence-electron chi connectivity index (χ1n) is 12.3. The highest BCUT2D eigenvalue weighted by atomic mass is 35.5. The van der Waals surface area contributed by atoms with Gasteiger partial charge in [0.25, 0.3) is 11.8 Å². The summed E-state index contributed by atoms with van der Waals surface area (Å²) >= 11 is 7.55. The Bertz CT molecular complexity index is 1050. The van der Waals surface area contributed by atoms with Gasteiger partial charge in [0.15, 0.2) is 0 Å². The van der Waals surface area contributed by atoms with Crippen LogP contribution in [0.25, 0.3) is 0 Å². The van der Waals surface area contributed by atoms with Gasteiger partial charge in [0.2, 0.25) is 5.91 Å². The Balaban J connectivity index is 1.85. The molecule has 3 rings (SSSR count). The first-order chi connectivity index (χ1) is 17.2. The minimum absolute atomic E-state index is 0.0205. The Morgan fingerprint density at radius 3 is 2.47 bits per heavy atom. The first-order valence-corrected chi connectivity index (χ1v) is 13.6. The van der Waals surface area contributed by atoms with Crippen LogP contribution in [0.2, 0.25) is 5.02 Å². The van der Waals surface area contributed by atoms with E-state index in [2.05, 4.69) is 4.98 Å². The van der Waals surface area contributed by atoms with Crippen LogP contribution in [0.4, 0.5) is 0 Å². The highest BCUT2D eigenvalue weighted by Gasteiger charge is 2.33. The van der Waals surface area contributed by atoms with Crippen molar-refractivity contribution in [3.05, 3.63) is 45.4 Å². The SMILES string of the molecule is CC(C)[C@H]1C(=O)N(C)CCCCN(C(=O)c2cncs2)CCCCOc2ccc(Cl)cc2C(=O)N1C. The average molecular weight is 535 g/mol. The zero-order valence-electron chi connectivity index (χ0n) is 21.4. The van der Waals surface area contributed by atoms with Gasteiger partial charge in [-0.3, -0.25) is 19.4 Å². The molecule has 1 atom stereocenters. The molecule has 0 bridgehead atoms.